The van der Waals surface area contributed by atoms with Gasteiger partial charge in [-0.2, -0.15) is 0 Å². The van der Waals surface area contributed by atoms with E-state index in [0.717, 1.165) is 6.07 Å². The lowest BCUT2D eigenvalue weighted by atomic mass is 10.3. The number of aliphatic carboxylic acids is 1. The maximum atomic E-state index is 13.2. The average molecular weight is 275 g/mol. The SMILES string of the molecule is O=C(O)CCCNC(=O)Nc1cc(Cl)ccc1F. The van der Waals surface area contributed by atoms with Gasteiger partial charge in [-0.05, 0) is 24.6 Å². The van der Waals surface area contributed by atoms with Crippen LogP contribution in [0.5, 0.6) is 0 Å². The molecule has 2 amide bonds. The van der Waals surface area contributed by atoms with Gasteiger partial charge < -0.3 is 15.7 Å². The fourth-order valence-electron chi connectivity index (χ4n) is 1.20. The van der Waals surface area contributed by atoms with Crippen LogP contribution in [0, 0.1) is 5.82 Å². The third kappa shape index (κ3) is 5.01. The van der Waals surface area contributed by atoms with Crippen LogP contribution in [0.3, 0.4) is 0 Å². The highest BCUT2D eigenvalue weighted by atomic mass is 35.5. The van der Waals surface area contributed by atoms with Gasteiger partial charge in [0.25, 0.3) is 0 Å². The molecule has 3 N–H and O–H groups in total. The number of hydrogen-bond acceptors (Lipinski definition) is 2. The van der Waals surface area contributed by atoms with E-state index in [1.54, 1.807) is 0 Å². The number of halogens is 2. The summed E-state index contributed by atoms with van der Waals surface area (Å²) < 4.78 is 13.2. The third-order valence-corrected chi connectivity index (χ3v) is 2.26. The van der Waals surface area contributed by atoms with Crippen molar-refractivity contribution in [2.75, 3.05) is 11.9 Å². The number of anilines is 1. The first kappa shape index (κ1) is 14.2. The van der Waals surface area contributed by atoms with E-state index in [-0.39, 0.29) is 18.7 Å². The van der Waals surface area contributed by atoms with Crippen molar-refractivity contribution in [3.63, 3.8) is 0 Å². The summed E-state index contributed by atoms with van der Waals surface area (Å²) in [5.41, 5.74) is -0.0294. The number of carbonyl (C=O) groups is 2. The summed E-state index contributed by atoms with van der Waals surface area (Å²) in [6, 6.07) is 3.18. The molecular weight excluding hydrogens is 263 g/mol. The van der Waals surface area contributed by atoms with E-state index >= 15 is 0 Å². The number of nitrogens with one attached hydrogen (secondary N) is 2. The van der Waals surface area contributed by atoms with Gasteiger partial charge in [0.2, 0.25) is 0 Å². The molecule has 1 aromatic rings. The predicted molar refractivity (Wildman–Crippen MR) is 65.3 cm³/mol. The smallest absolute Gasteiger partial charge is 0.319 e. The molecule has 1 aromatic carbocycles. The van der Waals surface area contributed by atoms with Crippen molar-refractivity contribution in [3.05, 3.63) is 29.0 Å². The molecule has 0 aliphatic heterocycles. The second kappa shape index (κ2) is 6.80. The van der Waals surface area contributed by atoms with Crippen molar-refractivity contribution in [1.82, 2.24) is 5.32 Å². The molecular formula is C11H12ClFN2O3. The molecule has 0 bridgehead atoms. The zero-order chi connectivity index (χ0) is 13.5. The van der Waals surface area contributed by atoms with E-state index in [9.17, 15) is 14.0 Å². The van der Waals surface area contributed by atoms with Crippen LogP contribution in [0.25, 0.3) is 0 Å². The van der Waals surface area contributed by atoms with Crippen LogP contribution >= 0.6 is 11.6 Å². The highest BCUT2D eigenvalue weighted by Gasteiger charge is 2.07. The van der Waals surface area contributed by atoms with E-state index in [2.05, 4.69) is 10.6 Å². The number of carboxylic acids is 1. The lowest BCUT2D eigenvalue weighted by Gasteiger charge is -2.08. The summed E-state index contributed by atoms with van der Waals surface area (Å²) in [5.74, 6) is -1.53. The van der Waals surface area contributed by atoms with Gasteiger partial charge in [0.15, 0.2) is 0 Å². The van der Waals surface area contributed by atoms with E-state index in [0.29, 0.717) is 11.4 Å². The Labute approximate surface area is 108 Å². The van der Waals surface area contributed by atoms with Gasteiger partial charge in [0.05, 0.1) is 5.69 Å². The summed E-state index contributed by atoms with van der Waals surface area (Å²) in [6.45, 7) is 0.195. The molecule has 0 saturated heterocycles. The average Bonchev–Trinajstić information content (AvgIpc) is 2.29. The van der Waals surface area contributed by atoms with Crippen LogP contribution in [-0.2, 0) is 4.79 Å². The van der Waals surface area contributed by atoms with E-state index in [1.165, 1.54) is 12.1 Å². The Kier molecular flexibility index (Phi) is 5.38. The maximum Gasteiger partial charge on any atom is 0.319 e. The normalized spacial score (nSPS) is 9.89. The molecule has 0 atom stereocenters. The highest BCUT2D eigenvalue weighted by molar-refractivity contribution is 6.30. The topological polar surface area (TPSA) is 78.4 Å². The van der Waals surface area contributed by atoms with Crippen molar-refractivity contribution >= 4 is 29.3 Å². The summed E-state index contributed by atoms with van der Waals surface area (Å²) >= 11 is 5.66. The van der Waals surface area contributed by atoms with E-state index in [1.807, 2.05) is 0 Å². The largest absolute Gasteiger partial charge is 0.481 e. The molecule has 5 nitrogen and oxygen atoms in total. The second-order valence-corrected chi connectivity index (χ2v) is 3.94. The van der Waals surface area contributed by atoms with E-state index < -0.39 is 17.8 Å². The third-order valence-electron chi connectivity index (χ3n) is 2.03. The molecule has 0 radical (unpaired) electrons. The summed E-state index contributed by atoms with van der Waals surface area (Å²) in [7, 11) is 0. The van der Waals surface area contributed by atoms with Crippen LogP contribution in [0.1, 0.15) is 12.8 Å². The highest BCUT2D eigenvalue weighted by Crippen LogP contribution is 2.19. The van der Waals surface area contributed by atoms with Crippen LogP contribution in [0.15, 0.2) is 18.2 Å². The van der Waals surface area contributed by atoms with Crippen LogP contribution in [0.2, 0.25) is 5.02 Å². The minimum Gasteiger partial charge on any atom is -0.481 e. The van der Waals surface area contributed by atoms with Crippen molar-refractivity contribution < 1.29 is 19.1 Å². The fraction of sp³-hybridized carbons (Fsp3) is 0.273. The minimum atomic E-state index is -0.932. The first-order chi connectivity index (χ1) is 8.49. The molecule has 0 fully saturated rings. The fourth-order valence-corrected chi connectivity index (χ4v) is 1.37. The predicted octanol–water partition coefficient (Wildman–Crippen LogP) is 2.47. The van der Waals surface area contributed by atoms with Gasteiger partial charge in [-0.1, -0.05) is 11.6 Å². The molecule has 0 heterocycles. The molecule has 98 valence electrons. The number of carboxylic acid groups (broad SMARTS) is 1. The molecule has 0 aromatic heterocycles. The first-order valence-electron chi connectivity index (χ1n) is 5.20. The molecule has 18 heavy (non-hydrogen) atoms. The van der Waals surface area contributed by atoms with Crippen molar-refractivity contribution in [1.29, 1.82) is 0 Å². The van der Waals surface area contributed by atoms with Gasteiger partial charge in [0.1, 0.15) is 5.82 Å². The molecule has 1 rings (SSSR count). The summed E-state index contributed by atoms with van der Waals surface area (Å²) in [6.07, 6.45) is 0.270. The number of benzene rings is 1. The van der Waals surface area contributed by atoms with Crippen LogP contribution < -0.4 is 10.6 Å². The molecule has 0 spiro atoms. The van der Waals surface area contributed by atoms with Crippen molar-refractivity contribution in [2.24, 2.45) is 0 Å². The zero-order valence-electron chi connectivity index (χ0n) is 9.37. The van der Waals surface area contributed by atoms with E-state index in [4.69, 9.17) is 16.7 Å². The molecule has 0 unspecified atom stereocenters. The van der Waals surface area contributed by atoms with Gasteiger partial charge in [-0.15, -0.1) is 0 Å². The minimum absolute atomic E-state index is 0.0294. The molecule has 0 aliphatic carbocycles. The molecule has 0 aliphatic rings. The lowest BCUT2D eigenvalue weighted by Crippen LogP contribution is -2.30. The Morgan fingerprint density at radius 2 is 2.11 bits per heavy atom. The Morgan fingerprint density at radius 3 is 2.78 bits per heavy atom. The van der Waals surface area contributed by atoms with Crippen molar-refractivity contribution in [2.45, 2.75) is 12.8 Å². The Bertz CT molecular complexity index is 454. The van der Waals surface area contributed by atoms with Crippen LogP contribution in [-0.4, -0.2) is 23.7 Å². The maximum absolute atomic E-state index is 13.2. The number of carbonyl (C=O) groups excluding carboxylic acids is 1. The quantitative estimate of drug-likeness (QED) is 0.722. The van der Waals surface area contributed by atoms with Crippen LogP contribution in [0.4, 0.5) is 14.9 Å². The number of hydrogen-bond donors (Lipinski definition) is 3. The van der Waals surface area contributed by atoms with Gasteiger partial charge >= 0.3 is 12.0 Å². The van der Waals surface area contributed by atoms with Gasteiger partial charge in [-0.25, -0.2) is 9.18 Å². The lowest BCUT2D eigenvalue weighted by molar-refractivity contribution is -0.137. The second-order valence-electron chi connectivity index (χ2n) is 3.50. The zero-order valence-corrected chi connectivity index (χ0v) is 10.1. The molecule has 7 heteroatoms. The van der Waals surface area contributed by atoms with Gasteiger partial charge in [0, 0.05) is 18.0 Å². The number of rotatable bonds is 5. The number of urea groups is 1. The Balaban J connectivity index is 2.40. The monoisotopic (exact) mass is 274 g/mol. The first-order valence-corrected chi connectivity index (χ1v) is 5.58. The Morgan fingerprint density at radius 1 is 1.39 bits per heavy atom. The standard InChI is InChI=1S/C11H12ClFN2O3/c12-7-3-4-8(13)9(6-7)15-11(18)14-5-1-2-10(16)17/h3-4,6H,1-2,5H2,(H,16,17)(H2,14,15,18). The number of amides is 2. The van der Waals surface area contributed by atoms with Crippen molar-refractivity contribution in [3.8, 4) is 0 Å². The van der Waals surface area contributed by atoms with Gasteiger partial charge in [-0.3, -0.25) is 4.79 Å². The summed E-state index contributed by atoms with van der Waals surface area (Å²) in [4.78, 5) is 21.6. The summed E-state index contributed by atoms with van der Waals surface area (Å²) in [5, 5.41) is 13.4. The Hall–Kier alpha value is -1.82. The molecule has 0 saturated carbocycles.